The predicted octanol–water partition coefficient (Wildman–Crippen LogP) is -0.0971. The molecule has 1 heterocycles. The lowest BCUT2D eigenvalue weighted by molar-refractivity contribution is -0.138. The maximum Gasteiger partial charge on any atom is 0.325 e. The Morgan fingerprint density at radius 3 is 3.00 bits per heavy atom. The third kappa shape index (κ3) is 5.94. The Balaban J connectivity index is 2.15. The Kier molecular flexibility index (Phi) is 7.30. The van der Waals surface area contributed by atoms with Crippen LogP contribution >= 0.6 is 11.8 Å². The normalized spacial score (nSPS) is 10.7. The van der Waals surface area contributed by atoms with Crippen molar-refractivity contribution in [3.05, 3.63) is 0 Å². The molecule has 0 unspecified atom stereocenters. The van der Waals surface area contributed by atoms with Crippen LogP contribution in [-0.4, -0.2) is 64.0 Å². The first-order valence-electron chi connectivity index (χ1n) is 5.41. The fraction of sp³-hybridized carbons (Fsp3) is 0.778. The van der Waals surface area contributed by atoms with Crippen LogP contribution in [0.3, 0.4) is 0 Å². The molecule has 0 amide bonds. The van der Waals surface area contributed by atoms with E-state index in [-0.39, 0.29) is 6.54 Å². The second-order valence-electron chi connectivity index (χ2n) is 3.32. The number of rotatable bonds is 10. The van der Waals surface area contributed by atoms with E-state index >= 15 is 0 Å². The van der Waals surface area contributed by atoms with Gasteiger partial charge in [0.25, 0.3) is 0 Å². The van der Waals surface area contributed by atoms with Crippen LogP contribution in [0.5, 0.6) is 0 Å². The molecule has 0 saturated heterocycles. The van der Waals surface area contributed by atoms with Crippen molar-refractivity contribution in [2.24, 2.45) is 0 Å². The van der Waals surface area contributed by atoms with Gasteiger partial charge >= 0.3 is 5.97 Å². The Bertz CT molecular complexity index is 360. The Hall–Kier alpha value is -1.19. The van der Waals surface area contributed by atoms with Gasteiger partial charge in [-0.2, -0.15) is 0 Å². The van der Waals surface area contributed by atoms with Gasteiger partial charge in [-0.05, 0) is 16.8 Å². The first-order chi connectivity index (χ1) is 8.74. The van der Waals surface area contributed by atoms with Crippen molar-refractivity contribution in [2.45, 2.75) is 18.1 Å². The monoisotopic (exact) mass is 276 g/mol. The second-order valence-corrected chi connectivity index (χ2v) is 4.38. The van der Waals surface area contributed by atoms with Gasteiger partial charge in [0.05, 0.1) is 13.2 Å². The van der Waals surface area contributed by atoms with E-state index < -0.39 is 5.97 Å². The van der Waals surface area contributed by atoms with Crippen LogP contribution in [0.1, 0.15) is 6.42 Å². The largest absolute Gasteiger partial charge is 0.480 e. The number of hydrogen-bond acceptors (Lipinski definition) is 7. The van der Waals surface area contributed by atoms with E-state index in [9.17, 15) is 4.79 Å². The van der Waals surface area contributed by atoms with Crippen LogP contribution < -0.4 is 0 Å². The minimum atomic E-state index is -0.966. The van der Waals surface area contributed by atoms with E-state index in [0.29, 0.717) is 25.0 Å². The lowest BCUT2D eigenvalue weighted by Gasteiger charge is -2.03. The number of tetrazole rings is 1. The lowest BCUT2D eigenvalue weighted by atomic mass is 10.5. The minimum absolute atomic E-state index is 0.223. The summed E-state index contributed by atoms with van der Waals surface area (Å²) in [5.41, 5.74) is 0. The van der Waals surface area contributed by atoms with Gasteiger partial charge in [0.2, 0.25) is 5.16 Å². The lowest BCUT2D eigenvalue weighted by Crippen LogP contribution is -2.11. The minimum Gasteiger partial charge on any atom is -0.480 e. The van der Waals surface area contributed by atoms with Crippen LogP contribution in [-0.2, 0) is 20.8 Å². The van der Waals surface area contributed by atoms with Gasteiger partial charge in [-0.1, -0.05) is 11.8 Å². The molecule has 0 radical (unpaired) electrons. The Labute approximate surface area is 109 Å². The van der Waals surface area contributed by atoms with Gasteiger partial charge in [-0.25, -0.2) is 4.68 Å². The van der Waals surface area contributed by atoms with Gasteiger partial charge in [0.15, 0.2) is 0 Å². The molecule has 0 aliphatic rings. The quantitative estimate of drug-likeness (QED) is 0.467. The summed E-state index contributed by atoms with van der Waals surface area (Å²) in [5.74, 6) is -0.195. The molecule has 18 heavy (non-hydrogen) atoms. The maximum absolute atomic E-state index is 10.5. The molecule has 102 valence electrons. The van der Waals surface area contributed by atoms with Gasteiger partial charge in [-0.15, -0.1) is 5.10 Å². The van der Waals surface area contributed by atoms with Crippen molar-refractivity contribution < 1.29 is 19.4 Å². The molecule has 0 aromatic carbocycles. The van der Waals surface area contributed by atoms with Crippen molar-refractivity contribution >= 4 is 17.7 Å². The molecule has 1 rings (SSSR count). The fourth-order valence-corrected chi connectivity index (χ4v) is 1.89. The number of thioether (sulfide) groups is 1. The van der Waals surface area contributed by atoms with Crippen molar-refractivity contribution in [3.63, 3.8) is 0 Å². The predicted molar refractivity (Wildman–Crippen MR) is 63.5 cm³/mol. The maximum atomic E-state index is 10.5. The van der Waals surface area contributed by atoms with E-state index in [0.717, 1.165) is 12.2 Å². The molecule has 1 aromatic heterocycles. The molecule has 0 saturated carbocycles. The van der Waals surface area contributed by atoms with E-state index in [2.05, 4.69) is 15.5 Å². The number of carboxylic acid groups (broad SMARTS) is 1. The van der Waals surface area contributed by atoms with Crippen LogP contribution in [0.4, 0.5) is 0 Å². The molecule has 0 atom stereocenters. The third-order valence-corrected chi connectivity index (χ3v) is 2.92. The molecular formula is C9H16N4O4S. The summed E-state index contributed by atoms with van der Waals surface area (Å²) in [6, 6.07) is 0. The number of methoxy groups -OCH3 is 1. The molecule has 1 N–H and O–H groups in total. The summed E-state index contributed by atoms with van der Waals surface area (Å²) in [7, 11) is 1.63. The van der Waals surface area contributed by atoms with Crippen molar-refractivity contribution in [1.82, 2.24) is 20.2 Å². The number of aromatic nitrogens is 4. The molecule has 0 aliphatic heterocycles. The molecule has 0 bridgehead atoms. The first-order valence-corrected chi connectivity index (χ1v) is 6.40. The van der Waals surface area contributed by atoms with E-state index in [4.69, 9.17) is 14.6 Å². The average Bonchev–Trinajstić information content (AvgIpc) is 2.75. The smallest absolute Gasteiger partial charge is 0.325 e. The van der Waals surface area contributed by atoms with Gasteiger partial charge in [0, 0.05) is 19.5 Å². The summed E-state index contributed by atoms with van der Waals surface area (Å²) < 4.78 is 11.4. The number of nitrogens with zero attached hydrogens (tertiary/aromatic N) is 4. The second kappa shape index (κ2) is 8.84. The van der Waals surface area contributed by atoms with Crippen molar-refractivity contribution in [1.29, 1.82) is 0 Å². The highest BCUT2D eigenvalue weighted by molar-refractivity contribution is 7.99. The van der Waals surface area contributed by atoms with E-state index in [1.54, 1.807) is 7.11 Å². The van der Waals surface area contributed by atoms with Crippen molar-refractivity contribution in [2.75, 3.05) is 32.7 Å². The fourth-order valence-electron chi connectivity index (χ4n) is 1.10. The average molecular weight is 276 g/mol. The summed E-state index contributed by atoms with van der Waals surface area (Å²) in [5, 5.41) is 20.0. The molecule has 9 heteroatoms. The SMILES string of the molecule is COCCOCCCSc1nnnn1CC(=O)O. The third-order valence-electron chi connectivity index (χ3n) is 1.88. The molecule has 1 aromatic rings. The summed E-state index contributed by atoms with van der Waals surface area (Å²) in [4.78, 5) is 10.5. The van der Waals surface area contributed by atoms with Gasteiger partial charge in [0.1, 0.15) is 6.54 Å². The van der Waals surface area contributed by atoms with E-state index in [1.807, 2.05) is 0 Å². The molecule has 0 spiro atoms. The van der Waals surface area contributed by atoms with Crippen LogP contribution in [0, 0.1) is 0 Å². The van der Waals surface area contributed by atoms with Crippen LogP contribution in [0.2, 0.25) is 0 Å². The first kappa shape index (κ1) is 14.9. The van der Waals surface area contributed by atoms with Crippen LogP contribution in [0.25, 0.3) is 0 Å². The molecule has 0 fully saturated rings. The Morgan fingerprint density at radius 1 is 1.44 bits per heavy atom. The van der Waals surface area contributed by atoms with Crippen LogP contribution in [0.15, 0.2) is 5.16 Å². The number of hydrogen-bond donors (Lipinski definition) is 1. The molecule has 8 nitrogen and oxygen atoms in total. The zero-order chi connectivity index (χ0) is 13.2. The Morgan fingerprint density at radius 2 is 2.28 bits per heavy atom. The highest BCUT2D eigenvalue weighted by Crippen LogP contribution is 2.14. The summed E-state index contributed by atoms with van der Waals surface area (Å²) in [6.07, 6.45) is 0.842. The summed E-state index contributed by atoms with van der Waals surface area (Å²) in [6.45, 7) is 1.58. The van der Waals surface area contributed by atoms with Gasteiger partial charge < -0.3 is 14.6 Å². The number of ether oxygens (including phenoxy) is 2. The van der Waals surface area contributed by atoms with Crippen molar-refractivity contribution in [3.8, 4) is 0 Å². The summed E-state index contributed by atoms with van der Waals surface area (Å²) >= 11 is 1.41. The van der Waals surface area contributed by atoms with E-state index in [1.165, 1.54) is 16.4 Å². The zero-order valence-electron chi connectivity index (χ0n) is 10.1. The highest BCUT2D eigenvalue weighted by Gasteiger charge is 2.09. The molecular weight excluding hydrogens is 260 g/mol. The number of aliphatic carboxylic acids is 1. The number of carbonyl (C=O) groups is 1. The highest BCUT2D eigenvalue weighted by atomic mass is 32.2. The number of carboxylic acids is 1. The zero-order valence-corrected chi connectivity index (χ0v) is 10.9. The standard InChI is InChI=1S/C9H16N4O4S/c1-16-4-5-17-3-2-6-18-9-10-11-12-13(9)7-8(14)15/h2-7H2,1H3,(H,14,15). The molecule has 0 aliphatic carbocycles. The van der Waals surface area contributed by atoms with Gasteiger partial charge in [-0.3, -0.25) is 4.79 Å². The topological polar surface area (TPSA) is 99.4 Å².